The Morgan fingerprint density at radius 1 is 1.12 bits per heavy atom. The number of rotatable bonds is 5. The van der Waals surface area contributed by atoms with Crippen molar-refractivity contribution < 1.29 is 0 Å². The lowest BCUT2D eigenvalue weighted by atomic mass is 9.50. The molecule has 2 heteroatoms. The molecule has 0 radical (unpaired) electrons. The van der Waals surface area contributed by atoms with E-state index in [1.54, 1.807) is 38.5 Å². The summed E-state index contributed by atoms with van der Waals surface area (Å²) in [5.74, 6) is 4.74. The van der Waals surface area contributed by atoms with E-state index >= 15 is 0 Å². The number of hydrogen-bond acceptors (Lipinski definition) is 2. The third kappa shape index (κ3) is 2.53. The van der Waals surface area contributed by atoms with Crippen molar-refractivity contribution in [3.05, 3.63) is 0 Å². The van der Waals surface area contributed by atoms with Crippen molar-refractivity contribution >= 4 is 11.8 Å². The molecule has 17 heavy (non-hydrogen) atoms. The van der Waals surface area contributed by atoms with Crippen LogP contribution < -0.4 is 5.73 Å². The minimum Gasteiger partial charge on any atom is -0.330 e. The molecule has 4 rings (SSSR count). The second-order valence-electron chi connectivity index (χ2n) is 7.12. The zero-order valence-corrected chi connectivity index (χ0v) is 12.0. The van der Waals surface area contributed by atoms with E-state index in [0.29, 0.717) is 0 Å². The molecule has 4 fully saturated rings. The molecule has 1 atom stereocenters. The Balaban J connectivity index is 1.58. The van der Waals surface area contributed by atoms with Crippen LogP contribution in [0.2, 0.25) is 0 Å². The molecule has 4 bridgehead atoms. The third-order valence-electron chi connectivity index (χ3n) is 5.41. The molecule has 4 aliphatic rings. The first-order valence-electron chi connectivity index (χ1n) is 7.51. The summed E-state index contributed by atoms with van der Waals surface area (Å²) in [5, 5.41) is 0.771. The van der Waals surface area contributed by atoms with Crippen LogP contribution in [0.4, 0.5) is 0 Å². The maximum absolute atomic E-state index is 5.65. The highest BCUT2D eigenvalue weighted by Gasteiger charge is 2.50. The number of hydrogen-bond donors (Lipinski definition) is 1. The summed E-state index contributed by atoms with van der Waals surface area (Å²) in [6.07, 6.45) is 10.6. The van der Waals surface area contributed by atoms with Crippen LogP contribution in [0, 0.1) is 23.2 Å². The SMILES string of the molecule is CC(CCN)SCC12CC3CC(CC(C3)C1)C2. The quantitative estimate of drug-likeness (QED) is 0.809. The lowest BCUT2D eigenvalue weighted by molar-refractivity contribution is -0.0382. The normalized spacial score (nSPS) is 45.2. The zero-order chi connectivity index (χ0) is 11.9. The lowest BCUT2D eigenvalue weighted by Crippen LogP contribution is -2.47. The second kappa shape index (κ2) is 4.77. The van der Waals surface area contributed by atoms with Crippen LogP contribution in [0.25, 0.3) is 0 Å². The molecule has 0 spiro atoms. The van der Waals surface area contributed by atoms with Gasteiger partial charge in [0, 0.05) is 5.25 Å². The minimum atomic E-state index is 0.752. The minimum absolute atomic E-state index is 0.752. The number of nitrogens with two attached hydrogens (primary N) is 1. The van der Waals surface area contributed by atoms with Gasteiger partial charge in [0.1, 0.15) is 0 Å². The Kier molecular flexibility index (Phi) is 3.47. The summed E-state index contributed by atoms with van der Waals surface area (Å²) in [6.45, 7) is 3.22. The zero-order valence-electron chi connectivity index (χ0n) is 11.2. The third-order valence-corrected chi connectivity index (χ3v) is 7.00. The van der Waals surface area contributed by atoms with Crippen LogP contribution in [0.1, 0.15) is 51.9 Å². The molecule has 4 saturated carbocycles. The van der Waals surface area contributed by atoms with E-state index < -0.39 is 0 Å². The lowest BCUT2D eigenvalue weighted by Gasteiger charge is -2.57. The fourth-order valence-electron chi connectivity index (χ4n) is 5.10. The Bertz CT molecular complexity index is 241. The summed E-state index contributed by atoms with van der Waals surface area (Å²) in [4.78, 5) is 0. The van der Waals surface area contributed by atoms with Crippen molar-refractivity contribution in [2.24, 2.45) is 28.9 Å². The maximum atomic E-state index is 5.65. The largest absolute Gasteiger partial charge is 0.330 e. The molecule has 0 aromatic heterocycles. The van der Waals surface area contributed by atoms with Crippen molar-refractivity contribution in [2.75, 3.05) is 12.3 Å². The summed E-state index contributed by atoms with van der Waals surface area (Å²) in [5.41, 5.74) is 6.40. The molecule has 0 amide bonds. The Morgan fingerprint density at radius 3 is 2.12 bits per heavy atom. The van der Waals surface area contributed by atoms with Gasteiger partial charge in [0.2, 0.25) is 0 Å². The molecule has 0 saturated heterocycles. The predicted octanol–water partition coefficient (Wildman–Crippen LogP) is 3.67. The predicted molar refractivity (Wildman–Crippen MR) is 76.2 cm³/mol. The van der Waals surface area contributed by atoms with Gasteiger partial charge in [-0.05, 0) is 80.4 Å². The second-order valence-corrected chi connectivity index (χ2v) is 8.54. The fraction of sp³-hybridized carbons (Fsp3) is 1.00. The van der Waals surface area contributed by atoms with Gasteiger partial charge >= 0.3 is 0 Å². The van der Waals surface area contributed by atoms with Gasteiger partial charge in [-0.3, -0.25) is 0 Å². The van der Waals surface area contributed by atoms with Crippen molar-refractivity contribution in [3.63, 3.8) is 0 Å². The van der Waals surface area contributed by atoms with Crippen LogP contribution in [0.3, 0.4) is 0 Å². The van der Waals surface area contributed by atoms with Crippen molar-refractivity contribution in [1.82, 2.24) is 0 Å². The average Bonchev–Trinajstić information content (AvgIpc) is 2.25. The Morgan fingerprint density at radius 2 is 1.65 bits per heavy atom. The molecule has 4 aliphatic carbocycles. The molecular weight excluding hydrogens is 226 g/mol. The maximum Gasteiger partial charge on any atom is 0.00309 e. The monoisotopic (exact) mass is 253 g/mol. The first-order valence-corrected chi connectivity index (χ1v) is 8.56. The van der Waals surface area contributed by atoms with Gasteiger partial charge in [-0.15, -0.1) is 0 Å². The van der Waals surface area contributed by atoms with Gasteiger partial charge in [0.05, 0.1) is 0 Å². The summed E-state index contributed by atoms with van der Waals surface area (Å²) in [6, 6.07) is 0. The van der Waals surface area contributed by atoms with Crippen LogP contribution in [-0.2, 0) is 0 Å². The van der Waals surface area contributed by atoms with E-state index in [1.165, 1.54) is 12.2 Å². The molecule has 1 nitrogen and oxygen atoms in total. The van der Waals surface area contributed by atoms with Crippen molar-refractivity contribution in [3.8, 4) is 0 Å². The standard InChI is InChI=1S/C15H27NS/c1-11(2-3-16)17-10-15-7-12-4-13(8-15)6-14(5-12)9-15/h11-14H,2-10,16H2,1H3. The van der Waals surface area contributed by atoms with Crippen LogP contribution in [-0.4, -0.2) is 17.5 Å². The smallest absolute Gasteiger partial charge is 0.00309 e. The van der Waals surface area contributed by atoms with Gasteiger partial charge in [-0.1, -0.05) is 6.92 Å². The van der Waals surface area contributed by atoms with Crippen molar-refractivity contribution in [1.29, 1.82) is 0 Å². The first-order chi connectivity index (χ1) is 8.19. The van der Waals surface area contributed by atoms with E-state index in [9.17, 15) is 0 Å². The Labute approximate surface area is 110 Å². The van der Waals surface area contributed by atoms with Gasteiger partial charge in [-0.25, -0.2) is 0 Å². The molecule has 2 N–H and O–H groups in total. The van der Waals surface area contributed by atoms with Crippen LogP contribution in [0.15, 0.2) is 0 Å². The van der Waals surface area contributed by atoms with E-state index in [2.05, 4.69) is 18.7 Å². The topological polar surface area (TPSA) is 26.0 Å². The molecule has 0 heterocycles. The summed E-state index contributed by atoms with van der Waals surface area (Å²) < 4.78 is 0. The van der Waals surface area contributed by atoms with E-state index in [-0.39, 0.29) is 0 Å². The van der Waals surface area contributed by atoms with E-state index in [1.807, 2.05) is 0 Å². The summed E-state index contributed by atoms with van der Waals surface area (Å²) in [7, 11) is 0. The van der Waals surface area contributed by atoms with Gasteiger partial charge < -0.3 is 5.73 Å². The number of thioether (sulfide) groups is 1. The van der Waals surface area contributed by atoms with Gasteiger partial charge in [0.25, 0.3) is 0 Å². The van der Waals surface area contributed by atoms with Crippen molar-refractivity contribution in [2.45, 2.75) is 57.1 Å². The Hall–Kier alpha value is 0.310. The fourth-order valence-corrected chi connectivity index (χ4v) is 6.40. The highest BCUT2D eigenvalue weighted by atomic mass is 32.2. The summed E-state index contributed by atoms with van der Waals surface area (Å²) >= 11 is 2.21. The van der Waals surface area contributed by atoms with Gasteiger partial charge in [-0.2, -0.15) is 11.8 Å². The highest BCUT2D eigenvalue weighted by Crippen LogP contribution is 2.61. The molecule has 1 unspecified atom stereocenters. The molecule has 0 aromatic rings. The first kappa shape index (κ1) is 12.3. The van der Waals surface area contributed by atoms with Crippen LogP contribution in [0.5, 0.6) is 0 Å². The van der Waals surface area contributed by atoms with E-state index in [0.717, 1.165) is 35.0 Å². The van der Waals surface area contributed by atoms with Gasteiger partial charge in [0.15, 0.2) is 0 Å². The average molecular weight is 253 g/mol. The highest BCUT2D eigenvalue weighted by molar-refractivity contribution is 7.99. The molecule has 0 aromatic carbocycles. The molecular formula is C15H27NS. The molecule has 98 valence electrons. The molecule has 0 aliphatic heterocycles. The van der Waals surface area contributed by atoms with Crippen LogP contribution >= 0.6 is 11.8 Å². The van der Waals surface area contributed by atoms with E-state index in [4.69, 9.17) is 5.73 Å².